The topological polar surface area (TPSA) is 46.2 Å². The van der Waals surface area contributed by atoms with Crippen molar-refractivity contribution in [1.29, 1.82) is 0 Å². The van der Waals surface area contributed by atoms with Gasteiger partial charge in [-0.05, 0) is 30.5 Å². The average molecular weight is 163 g/mol. The van der Waals surface area contributed by atoms with Crippen LogP contribution >= 0.6 is 0 Å². The summed E-state index contributed by atoms with van der Waals surface area (Å²) in [4.78, 5) is 0. The highest BCUT2D eigenvalue weighted by Crippen LogP contribution is 2.47. The predicted molar refractivity (Wildman–Crippen MR) is 48.1 cm³/mol. The lowest BCUT2D eigenvalue weighted by Crippen LogP contribution is -2.19. The highest BCUT2D eigenvalue weighted by Gasteiger charge is 2.42. The molecule has 1 aromatic carbocycles. The Morgan fingerprint density at radius 2 is 1.83 bits per heavy atom. The van der Waals surface area contributed by atoms with Gasteiger partial charge in [-0.3, -0.25) is 0 Å². The Bertz CT molecular complexity index is 274. The lowest BCUT2D eigenvalue weighted by Gasteiger charge is -2.11. The molecule has 0 amide bonds. The van der Waals surface area contributed by atoms with Crippen molar-refractivity contribution >= 4 is 0 Å². The van der Waals surface area contributed by atoms with E-state index in [0.717, 1.165) is 6.54 Å². The Kier molecular flexibility index (Phi) is 1.58. The van der Waals surface area contributed by atoms with Crippen LogP contribution in [0.4, 0.5) is 0 Å². The van der Waals surface area contributed by atoms with Gasteiger partial charge in [-0.25, -0.2) is 0 Å². The van der Waals surface area contributed by atoms with Crippen molar-refractivity contribution in [2.75, 3.05) is 6.54 Å². The molecule has 1 saturated carbocycles. The molecule has 3 N–H and O–H groups in total. The molecule has 0 unspecified atom stereocenters. The molecule has 0 aromatic heterocycles. The zero-order valence-corrected chi connectivity index (χ0v) is 6.96. The van der Waals surface area contributed by atoms with Crippen molar-refractivity contribution in [2.24, 2.45) is 5.73 Å². The molecule has 12 heavy (non-hydrogen) atoms. The monoisotopic (exact) mass is 163 g/mol. The maximum absolute atomic E-state index is 9.08. The third kappa shape index (κ3) is 1.08. The van der Waals surface area contributed by atoms with Crippen LogP contribution in [0.15, 0.2) is 24.3 Å². The number of hydrogen-bond acceptors (Lipinski definition) is 2. The number of hydrogen-bond donors (Lipinski definition) is 2. The lowest BCUT2D eigenvalue weighted by atomic mass is 9.96. The quantitative estimate of drug-likeness (QED) is 0.692. The average Bonchev–Trinajstić information content (AvgIpc) is 2.86. The summed E-state index contributed by atoms with van der Waals surface area (Å²) in [6.45, 7) is 0.720. The summed E-state index contributed by atoms with van der Waals surface area (Å²) in [7, 11) is 0. The van der Waals surface area contributed by atoms with Crippen molar-refractivity contribution in [3.63, 3.8) is 0 Å². The van der Waals surface area contributed by atoms with Gasteiger partial charge in [0.2, 0.25) is 0 Å². The fourth-order valence-electron chi connectivity index (χ4n) is 1.58. The minimum atomic E-state index is 0.244. The summed E-state index contributed by atoms with van der Waals surface area (Å²) in [5, 5.41) is 9.08. The fraction of sp³-hybridized carbons (Fsp3) is 0.400. The van der Waals surface area contributed by atoms with Gasteiger partial charge in [0.25, 0.3) is 0 Å². The number of rotatable bonds is 2. The number of phenolic OH excluding ortho intramolecular Hbond substituents is 1. The third-order valence-electron chi connectivity index (χ3n) is 2.72. The second-order valence-electron chi connectivity index (χ2n) is 3.53. The van der Waals surface area contributed by atoms with Crippen LogP contribution in [-0.4, -0.2) is 11.7 Å². The molecule has 0 heterocycles. The van der Waals surface area contributed by atoms with Gasteiger partial charge < -0.3 is 10.8 Å². The van der Waals surface area contributed by atoms with Crippen LogP contribution in [-0.2, 0) is 5.41 Å². The summed E-state index contributed by atoms with van der Waals surface area (Å²) >= 11 is 0. The first-order chi connectivity index (χ1) is 5.77. The van der Waals surface area contributed by atoms with Gasteiger partial charge in [0.1, 0.15) is 5.75 Å². The number of benzene rings is 1. The van der Waals surface area contributed by atoms with Crippen LogP contribution in [0.5, 0.6) is 5.75 Å². The smallest absolute Gasteiger partial charge is 0.115 e. The molecule has 0 atom stereocenters. The summed E-state index contributed by atoms with van der Waals surface area (Å²) in [5.41, 5.74) is 7.19. The fourth-order valence-corrected chi connectivity index (χ4v) is 1.58. The molecule has 1 aliphatic rings. The molecule has 0 spiro atoms. The van der Waals surface area contributed by atoms with E-state index in [1.165, 1.54) is 18.4 Å². The van der Waals surface area contributed by atoms with Gasteiger partial charge in [0.15, 0.2) is 0 Å². The minimum Gasteiger partial charge on any atom is -0.508 e. The SMILES string of the molecule is NCC1(c2ccc(O)cc2)CC1. The highest BCUT2D eigenvalue weighted by molar-refractivity contribution is 5.35. The molecule has 0 bridgehead atoms. The van der Waals surface area contributed by atoms with Gasteiger partial charge in [-0.1, -0.05) is 12.1 Å². The number of nitrogens with two attached hydrogens (primary N) is 1. The normalized spacial score (nSPS) is 19.1. The molecule has 2 heteroatoms. The third-order valence-corrected chi connectivity index (χ3v) is 2.72. The second kappa shape index (κ2) is 2.49. The van der Waals surface area contributed by atoms with E-state index in [9.17, 15) is 0 Å². The summed E-state index contributed by atoms with van der Waals surface area (Å²) in [5.74, 6) is 0.326. The van der Waals surface area contributed by atoms with Gasteiger partial charge in [-0.15, -0.1) is 0 Å². The van der Waals surface area contributed by atoms with E-state index in [-0.39, 0.29) is 5.41 Å². The maximum Gasteiger partial charge on any atom is 0.115 e. The molecule has 0 radical (unpaired) electrons. The zero-order chi connectivity index (χ0) is 8.60. The Morgan fingerprint density at radius 3 is 2.25 bits per heavy atom. The Morgan fingerprint density at radius 1 is 1.25 bits per heavy atom. The van der Waals surface area contributed by atoms with E-state index in [1.807, 2.05) is 12.1 Å². The molecule has 2 rings (SSSR count). The van der Waals surface area contributed by atoms with E-state index in [4.69, 9.17) is 10.8 Å². The summed E-state index contributed by atoms with van der Waals surface area (Å²) < 4.78 is 0. The van der Waals surface area contributed by atoms with Gasteiger partial charge in [0.05, 0.1) is 0 Å². The molecule has 1 aromatic rings. The van der Waals surface area contributed by atoms with Gasteiger partial charge in [0, 0.05) is 12.0 Å². The zero-order valence-electron chi connectivity index (χ0n) is 6.96. The standard InChI is InChI=1S/C10H13NO/c11-7-10(5-6-10)8-1-3-9(12)4-2-8/h1-4,12H,5-7,11H2. The highest BCUT2D eigenvalue weighted by atomic mass is 16.3. The number of phenols is 1. The summed E-state index contributed by atoms with van der Waals surface area (Å²) in [6, 6.07) is 7.39. The predicted octanol–water partition coefficient (Wildman–Crippen LogP) is 1.38. The van der Waals surface area contributed by atoms with Crippen molar-refractivity contribution in [2.45, 2.75) is 18.3 Å². The minimum absolute atomic E-state index is 0.244. The van der Waals surface area contributed by atoms with E-state index in [1.54, 1.807) is 12.1 Å². The molecule has 0 saturated heterocycles. The van der Waals surface area contributed by atoms with Crippen LogP contribution < -0.4 is 5.73 Å². The van der Waals surface area contributed by atoms with E-state index in [0.29, 0.717) is 5.75 Å². The van der Waals surface area contributed by atoms with Crippen molar-refractivity contribution in [1.82, 2.24) is 0 Å². The molecular formula is C10H13NO. The largest absolute Gasteiger partial charge is 0.508 e. The van der Waals surface area contributed by atoms with Crippen LogP contribution in [0.3, 0.4) is 0 Å². The lowest BCUT2D eigenvalue weighted by molar-refractivity contribution is 0.474. The Hall–Kier alpha value is -1.02. The van der Waals surface area contributed by atoms with Crippen LogP contribution in [0.25, 0.3) is 0 Å². The van der Waals surface area contributed by atoms with Crippen molar-refractivity contribution < 1.29 is 5.11 Å². The van der Waals surface area contributed by atoms with Gasteiger partial charge in [-0.2, -0.15) is 0 Å². The van der Waals surface area contributed by atoms with E-state index in [2.05, 4.69) is 0 Å². The van der Waals surface area contributed by atoms with Crippen molar-refractivity contribution in [3.05, 3.63) is 29.8 Å². The van der Waals surface area contributed by atoms with Crippen LogP contribution in [0.2, 0.25) is 0 Å². The Labute approximate surface area is 72.0 Å². The van der Waals surface area contributed by atoms with E-state index >= 15 is 0 Å². The molecule has 2 nitrogen and oxygen atoms in total. The molecule has 64 valence electrons. The molecular weight excluding hydrogens is 150 g/mol. The first-order valence-corrected chi connectivity index (χ1v) is 4.26. The van der Waals surface area contributed by atoms with E-state index < -0.39 is 0 Å². The first-order valence-electron chi connectivity index (χ1n) is 4.26. The van der Waals surface area contributed by atoms with Crippen molar-refractivity contribution in [3.8, 4) is 5.75 Å². The maximum atomic E-state index is 9.08. The summed E-state index contributed by atoms with van der Waals surface area (Å²) in [6.07, 6.45) is 2.38. The Balaban J connectivity index is 2.29. The molecule has 1 aliphatic carbocycles. The molecule has 0 aliphatic heterocycles. The van der Waals surface area contributed by atoms with Gasteiger partial charge >= 0.3 is 0 Å². The second-order valence-corrected chi connectivity index (χ2v) is 3.53. The number of aromatic hydroxyl groups is 1. The first kappa shape index (κ1) is 7.62. The van der Waals surface area contributed by atoms with Crippen LogP contribution in [0, 0.1) is 0 Å². The molecule has 1 fully saturated rings. The van der Waals surface area contributed by atoms with Crippen LogP contribution in [0.1, 0.15) is 18.4 Å².